The van der Waals surface area contributed by atoms with Gasteiger partial charge in [-0.1, -0.05) is 73.3 Å². The molecule has 0 spiro atoms. The van der Waals surface area contributed by atoms with Crippen molar-refractivity contribution in [3.63, 3.8) is 0 Å². The number of allylic oxidation sites excluding steroid dienone is 1. The highest BCUT2D eigenvalue weighted by molar-refractivity contribution is 9.39. The molecule has 3 heteroatoms. The SMILES string of the molecule is C=C(CCC)CC(Br)(Br)Br. The lowest BCUT2D eigenvalue weighted by Crippen LogP contribution is -2.00. The van der Waals surface area contributed by atoms with Crippen LogP contribution in [0.25, 0.3) is 0 Å². The Morgan fingerprint density at radius 3 is 2.20 bits per heavy atom. The molecule has 0 N–H and O–H groups in total. The maximum absolute atomic E-state index is 3.94. The molecule has 0 saturated carbocycles. The highest BCUT2D eigenvalue weighted by Gasteiger charge is 2.17. The Bertz CT molecular complexity index is 113. The van der Waals surface area contributed by atoms with E-state index in [0.717, 1.165) is 12.8 Å². The van der Waals surface area contributed by atoms with Gasteiger partial charge in [0.05, 0.1) is 0 Å². The molecule has 0 unspecified atom stereocenters. The second kappa shape index (κ2) is 4.94. The van der Waals surface area contributed by atoms with Gasteiger partial charge >= 0.3 is 0 Å². The van der Waals surface area contributed by atoms with Crippen molar-refractivity contribution < 1.29 is 0 Å². The molecule has 0 fully saturated rings. The predicted molar refractivity (Wildman–Crippen MR) is 58.2 cm³/mol. The Morgan fingerprint density at radius 1 is 1.40 bits per heavy atom. The normalized spacial score (nSPS) is 11.6. The zero-order chi connectivity index (χ0) is 8.20. The van der Waals surface area contributed by atoms with Crippen molar-refractivity contribution in [2.24, 2.45) is 0 Å². The number of halogens is 3. The maximum Gasteiger partial charge on any atom is 0.138 e. The zero-order valence-corrected chi connectivity index (χ0v) is 10.7. The van der Waals surface area contributed by atoms with E-state index in [1.165, 1.54) is 12.0 Å². The van der Waals surface area contributed by atoms with Crippen LogP contribution >= 0.6 is 47.8 Å². The molecule has 0 amide bonds. The van der Waals surface area contributed by atoms with Gasteiger partial charge in [0.25, 0.3) is 0 Å². The average molecular weight is 335 g/mol. The van der Waals surface area contributed by atoms with Crippen LogP contribution < -0.4 is 0 Å². The van der Waals surface area contributed by atoms with E-state index < -0.39 is 0 Å². The van der Waals surface area contributed by atoms with Crippen molar-refractivity contribution in [3.05, 3.63) is 12.2 Å². The summed E-state index contributed by atoms with van der Waals surface area (Å²) in [5.41, 5.74) is 1.26. The van der Waals surface area contributed by atoms with Crippen LogP contribution in [0, 0.1) is 0 Å². The molecular formula is C7H11Br3. The molecule has 0 heterocycles. The minimum atomic E-state index is -0.140. The fourth-order valence-corrected chi connectivity index (χ4v) is 1.91. The smallest absolute Gasteiger partial charge is 0.0997 e. The zero-order valence-electron chi connectivity index (χ0n) is 5.96. The second-order valence-electron chi connectivity index (χ2n) is 2.29. The van der Waals surface area contributed by atoms with E-state index in [4.69, 9.17) is 0 Å². The first-order chi connectivity index (χ1) is 4.45. The van der Waals surface area contributed by atoms with E-state index in [2.05, 4.69) is 61.3 Å². The summed E-state index contributed by atoms with van der Waals surface area (Å²) in [6.45, 7) is 6.10. The van der Waals surface area contributed by atoms with Gasteiger partial charge in [-0.2, -0.15) is 0 Å². The molecule has 0 rings (SSSR count). The summed E-state index contributed by atoms with van der Waals surface area (Å²) >= 11 is 10.3. The standard InChI is InChI=1S/C7H11Br3/c1-3-4-6(2)5-7(8,9)10/h2-5H2,1H3. The highest BCUT2D eigenvalue weighted by atomic mass is 80.0. The first-order valence-corrected chi connectivity index (χ1v) is 5.57. The van der Waals surface area contributed by atoms with Crippen molar-refractivity contribution in [1.29, 1.82) is 0 Å². The van der Waals surface area contributed by atoms with E-state index in [1.54, 1.807) is 0 Å². The van der Waals surface area contributed by atoms with Gasteiger partial charge in [0, 0.05) is 6.42 Å². The third kappa shape index (κ3) is 7.29. The molecule has 0 radical (unpaired) electrons. The monoisotopic (exact) mass is 332 g/mol. The van der Waals surface area contributed by atoms with Gasteiger partial charge in [-0.15, -0.1) is 0 Å². The third-order valence-corrected chi connectivity index (χ3v) is 1.90. The van der Waals surface area contributed by atoms with Crippen LogP contribution in [0.1, 0.15) is 26.2 Å². The lowest BCUT2D eigenvalue weighted by atomic mass is 10.1. The predicted octanol–water partition coefficient (Wildman–Crippen LogP) is 4.57. The topological polar surface area (TPSA) is 0 Å². The molecule has 0 aromatic rings. The van der Waals surface area contributed by atoms with Crippen molar-refractivity contribution >= 4 is 47.8 Å². The number of alkyl halides is 3. The van der Waals surface area contributed by atoms with E-state index in [0.29, 0.717) is 0 Å². The van der Waals surface area contributed by atoms with Gasteiger partial charge in [-0.25, -0.2) is 0 Å². The quantitative estimate of drug-likeness (QED) is 0.524. The van der Waals surface area contributed by atoms with Crippen molar-refractivity contribution in [2.75, 3.05) is 0 Å². The largest absolute Gasteiger partial charge is 0.138 e. The molecule has 0 nitrogen and oxygen atoms in total. The van der Waals surface area contributed by atoms with Crippen LogP contribution in [0.5, 0.6) is 0 Å². The lowest BCUT2D eigenvalue weighted by molar-refractivity contribution is 0.856. The molecule has 60 valence electrons. The van der Waals surface area contributed by atoms with Gasteiger partial charge in [0.2, 0.25) is 0 Å². The van der Waals surface area contributed by atoms with Gasteiger partial charge in [-0.05, 0) is 6.42 Å². The highest BCUT2D eigenvalue weighted by Crippen LogP contribution is 2.39. The van der Waals surface area contributed by atoms with Gasteiger partial charge < -0.3 is 0 Å². The van der Waals surface area contributed by atoms with Gasteiger partial charge in [0.1, 0.15) is 2.14 Å². The molecular weight excluding hydrogens is 324 g/mol. The summed E-state index contributed by atoms with van der Waals surface area (Å²) in [6.07, 6.45) is 3.19. The van der Waals surface area contributed by atoms with Crippen LogP contribution in [-0.2, 0) is 0 Å². The minimum Gasteiger partial charge on any atom is -0.0997 e. The molecule has 0 aliphatic carbocycles. The maximum atomic E-state index is 3.94. The fourth-order valence-electron chi connectivity index (χ4n) is 0.725. The van der Waals surface area contributed by atoms with Crippen LogP contribution in [0.4, 0.5) is 0 Å². The molecule has 10 heavy (non-hydrogen) atoms. The van der Waals surface area contributed by atoms with Crippen LogP contribution in [0.15, 0.2) is 12.2 Å². The first-order valence-electron chi connectivity index (χ1n) is 3.19. The Kier molecular flexibility index (Phi) is 5.52. The molecule has 0 aromatic heterocycles. The van der Waals surface area contributed by atoms with E-state index in [1.807, 2.05) is 0 Å². The van der Waals surface area contributed by atoms with E-state index in [-0.39, 0.29) is 2.14 Å². The summed E-state index contributed by atoms with van der Waals surface area (Å²) in [5, 5.41) is 0. The summed E-state index contributed by atoms with van der Waals surface area (Å²) in [6, 6.07) is 0. The van der Waals surface area contributed by atoms with Crippen LogP contribution in [-0.4, -0.2) is 2.14 Å². The molecule has 0 atom stereocenters. The van der Waals surface area contributed by atoms with Crippen molar-refractivity contribution in [2.45, 2.75) is 28.3 Å². The van der Waals surface area contributed by atoms with E-state index in [9.17, 15) is 0 Å². The van der Waals surface area contributed by atoms with Crippen LogP contribution in [0.3, 0.4) is 0 Å². The minimum absolute atomic E-state index is 0.140. The molecule has 0 aliphatic rings. The first kappa shape index (κ1) is 11.2. The average Bonchev–Trinajstić information content (AvgIpc) is 1.59. The molecule has 0 bridgehead atoms. The second-order valence-corrected chi connectivity index (χ2v) is 9.55. The van der Waals surface area contributed by atoms with Crippen LogP contribution in [0.2, 0.25) is 0 Å². The Labute approximate surface area is 87.8 Å². The number of rotatable bonds is 3. The summed E-state index contributed by atoms with van der Waals surface area (Å²) in [7, 11) is 0. The molecule has 0 aliphatic heterocycles. The number of hydrogen-bond acceptors (Lipinski definition) is 0. The van der Waals surface area contributed by atoms with Gasteiger partial charge in [0.15, 0.2) is 0 Å². The van der Waals surface area contributed by atoms with Crippen molar-refractivity contribution in [3.8, 4) is 0 Å². The summed E-state index contributed by atoms with van der Waals surface area (Å²) in [4.78, 5) is 0. The number of hydrogen-bond donors (Lipinski definition) is 0. The Balaban J connectivity index is 3.58. The Morgan fingerprint density at radius 2 is 1.90 bits per heavy atom. The van der Waals surface area contributed by atoms with Gasteiger partial charge in [-0.3, -0.25) is 0 Å². The summed E-state index contributed by atoms with van der Waals surface area (Å²) < 4.78 is -0.140. The third-order valence-electron chi connectivity index (χ3n) is 1.05. The Hall–Kier alpha value is 1.18. The molecule has 0 saturated heterocycles. The molecule has 0 aromatic carbocycles. The lowest BCUT2D eigenvalue weighted by Gasteiger charge is -2.12. The summed E-state index contributed by atoms with van der Waals surface area (Å²) in [5.74, 6) is 0. The van der Waals surface area contributed by atoms with Crippen molar-refractivity contribution in [1.82, 2.24) is 0 Å². The van der Waals surface area contributed by atoms with E-state index >= 15 is 0 Å². The fraction of sp³-hybridized carbons (Fsp3) is 0.714.